The molecule has 2 heterocycles. The summed E-state index contributed by atoms with van der Waals surface area (Å²) in [5.41, 5.74) is -0.109. The van der Waals surface area contributed by atoms with E-state index in [0.717, 1.165) is 12.8 Å². The molecule has 0 radical (unpaired) electrons. The summed E-state index contributed by atoms with van der Waals surface area (Å²) < 4.78 is 25.0. The first-order chi connectivity index (χ1) is 12.1. The van der Waals surface area contributed by atoms with Crippen LogP contribution >= 0.6 is 11.6 Å². The molecule has 1 aromatic carbocycles. The molecule has 2 aromatic rings. The van der Waals surface area contributed by atoms with Gasteiger partial charge in [0.15, 0.2) is 0 Å². The normalized spacial score (nSPS) is 17.2. The molecule has 0 saturated carbocycles. The number of benzene rings is 1. The van der Waals surface area contributed by atoms with Gasteiger partial charge in [-0.1, -0.05) is 17.7 Å². The van der Waals surface area contributed by atoms with Crippen molar-refractivity contribution in [2.45, 2.75) is 18.9 Å². The van der Waals surface area contributed by atoms with Gasteiger partial charge >= 0.3 is 0 Å². The number of rotatable bonds is 4. The number of amides is 1. The zero-order chi connectivity index (χ0) is 17.8. The first kappa shape index (κ1) is 17.4. The molecule has 0 spiro atoms. The lowest BCUT2D eigenvalue weighted by molar-refractivity contribution is 0.0515. The van der Waals surface area contributed by atoms with Crippen LogP contribution in [-0.2, 0) is 0 Å². The van der Waals surface area contributed by atoms with Gasteiger partial charge in [-0.05, 0) is 25.0 Å². The number of piperidine rings is 1. The van der Waals surface area contributed by atoms with Crippen molar-refractivity contribution in [3.05, 3.63) is 47.0 Å². The van der Waals surface area contributed by atoms with Crippen LogP contribution in [0.1, 0.15) is 23.2 Å². The first-order valence-electron chi connectivity index (χ1n) is 7.85. The van der Waals surface area contributed by atoms with Gasteiger partial charge < -0.3 is 14.4 Å². The van der Waals surface area contributed by atoms with Crippen molar-refractivity contribution in [1.29, 1.82) is 0 Å². The van der Waals surface area contributed by atoms with Crippen molar-refractivity contribution in [2.75, 3.05) is 20.2 Å². The number of likely N-dealkylation sites (tertiary alicyclic amines) is 1. The molecule has 1 aliphatic heterocycles. The average Bonchev–Trinajstić information content (AvgIpc) is 2.62. The summed E-state index contributed by atoms with van der Waals surface area (Å²) in [4.78, 5) is 22.3. The zero-order valence-corrected chi connectivity index (χ0v) is 14.4. The first-order valence-corrected chi connectivity index (χ1v) is 8.23. The van der Waals surface area contributed by atoms with Crippen LogP contribution in [0.4, 0.5) is 4.39 Å². The van der Waals surface area contributed by atoms with Gasteiger partial charge in [0.25, 0.3) is 17.7 Å². The molecular formula is C17H17ClFN3O3. The van der Waals surface area contributed by atoms with E-state index in [9.17, 15) is 9.18 Å². The van der Waals surface area contributed by atoms with Gasteiger partial charge in [-0.3, -0.25) is 4.79 Å². The van der Waals surface area contributed by atoms with E-state index >= 15 is 0 Å². The summed E-state index contributed by atoms with van der Waals surface area (Å²) in [6.07, 6.45) is 4.19. The van der Waals surface area contributed by atoms with Gasteiger partial charge in [-0.15, -0.1) is 0 Å². The number of hydrogen-bond donors (Lipinski definition) is 0. The highest BCUT2D eigenvalue weighted by molar-refractivity contribution is 6.33. The van der Waals surface area contributed by atoms with Crippen LogP contribution in [-0.4, -0.2) is 47.1 Å². The number of hydrogen-bond acceptors (Lipinski definition) is 5. The zero-order valence-electron chi connectivity index (χ0n) is 13.6. The van der Waals surface area contributed by atoms with E-state index < -0.39 is 11.7 Å². The summed E-state index contributed by atoms with van der Waals surface area (Å²) in [7, 11) is 1.48. The summed E-state index contributed by atoms with van der Waals surface area (Å²) in [5, 5.41) is 0.101. The Hall–Kier alpha value is -2.41. The number of methoxy groups -OCH3 is 1. The fourth-order valence-corrected chi connectivity index (χ4v) is 3.01. The quantitative estimate of drug-likeness (QED) is 0.833. The van der Waals surface area contributed by atoms with Crippen molar-refractivity contribution >= 4 is 17.5 Å². The molecule has 1 saturated heterocycles. The predicted octanol–water partition coefficient (Wildman–Crippen LogP) is 2.96. The lowest BCUT2D eigenvalue weighted by atomic mass is 10.1. The van der Waals surface area contributed by atoms with Crippen LogP contribution in [0.2, 0.25) is 5.02 Å². The van der Waals surface area contributed by atoms with Crippen molar-refractivity contribution in [3.63, 3.8) is 0 Å². The third-order valence-corrected chi connectivity index (χ3v) is 4.26. The standard InChI is InChI=1S/C17H17ClFN3O3/c1-24-15-16(21-8-7-20-15)25-11-4-3-9-22(10-11)17(23)14-12(18)5-2-6-13(14)19/h2,5-8,11H,3-4,9-10H2,1H3. The summed E-state index contributed by atoms with van der Waals surface area (Å²) in [6, 6.07) is 4.19. The Bertz CT molecular complexity index is 754. The molecule has 1 fully saturated rings. The maximum absolute atomic E-state index is 14.0. The fraction of sp³-hybridized carbons (Fsp3) is 0.353. The van der Waals surface area contributed by atoms with Gasteiger partial charge in [-0.25, -0.2) is 14.4 Å². The molecule has 25 heavy (non-hydrogen) atoms. The van der Waals surface area contributed by atoms with E-state index in [4.69, 9.17) is 21.1 Å². The van der Waals surface area contributed by atoms with Crippen LogP contribution in [0.25, 0.3) is 0 Å². The molecule has 8 heteroatoms. The van der Waals surface area contributed by atoms with Crippen LogP contribution in [0.5, 0.6) is 11.8 Å². The molecule has 1 amide bonds. The minimum absolute atomic E-state index is 0.101. The minimum Gasteiger partial charge on any atom is -0.477 e. The van der Waals surface area contributed by atoms with Crippen LogP contribution in [0.15, 0.2) is 30.6 Å². The SMILES string of the molecule is COc1nccnc1OC1CCCN(C(=O)c2c(F)cccc2Cl)C1. The second kappa shape index (κ2) is 7.65. The largest absolute Gasteiger partial charge is 0.477 e. The van der Waals surface area contributed by atoms with E-state index in [1.165, 1.54) is 37.7 Å². The second-order valence-corrected chi connectivity index (χ2v) is 6.01. The van der Waals surface area contributed by atoms with Crippen molar-refractivity contribution in [1.82, 2.24) is 14.9 Å². The number of nitrogens with zero attached hydrogens (tertiary/aromatic N) is 3. The van der Waals surface area contributed by atoms with Crippen molar-refractivity contribution in [3.8, 4) is 11.8 Å². The summed E-state index contributed by atoms with van der Waals surface area (Å²) >= 11 is 6.00. The van der Waals surface area contributed by atoms with Crippen molar-refractivity contribution < 1.29 is 18.7 Å². The Morgan fingerprint density at radius 2 is 2.08 bits per heavy atom. The van der Waals surface area contributed by atoms with E-state index in [0.29, 0.717) is 13.1 Å². The summed E-state index contributed by atoms with van der Waals surface area (Å²) in [6.45, 7) is 0.824. The molecule has 1 atom stereocenters. The van der Waals surface area contributed by atoms with Gasteiger partial charge in [0, 0.05) is 18.9 Å². The number of carbonyl (C=O) groups is 1. The van der Waals surface area contributed by atoms with Gasteiger partial charge in [0.2, 0.25) is 0 Å². The number of halogens is 2. The molecule has 1 aromatic heterocycles. The molecule has 0 aliphatic carbocycles. The van der Waals surface area contributed by atoms with Gasteiger partial charge in [0.05, 0.1) is 24.2 Å². The Morgan fingerprint density at radius 3 is 2.80 bits per heavy atom. The highest BCUT2D eigenvalue weighted by Gasteiger charge is 2.29. The third kappa shape index (κ3) is 3.82. The van der Waals surface area contributed by atoms with Crippen LogP contribution in [0.3, 0.4) is 0 Å². The van der Waals surface area contributed by atoms with Gasteiger partial charge in [-0.2, -0.15) is 0 Å². The minimum atomic E-state index is -0.629. The molecule has 0 bridgehead atoms. The van der Waals surface area contributed by atoms with Crippen molar-refractivity contribution in [2.24, 2.45) is 0 Å². The highest BCUT2D eigenvalue weighted by atomic mass is 35.5. The van der Waals surface area contributed by atoms with Gasteiger partial charge in [0.1, 0.15) is 11.9 Å². The molecule has 1 aliphatic rings. The maximum Gasteiger partial charge on any atom is 0.278 e. The average molecular weight is 366 g/mol. The lowest BCUT2D eigenvalue weighted by Crippen LogP contribution is -2.44. The molecule has 6 nitrogen and oxygen atoms in total. The number of aromatic nitrogens is 2. The van der Waals surface area contributed by atoms with E-state index in [1.54, 1.807) is 4.90 Å². The molecule has 0 N–H and O–H groups in total. The second-order valence-electron chi connectivity index (χ2n) is 5.60. The molecule has 3 rings (SSSR count). The fourth-order valence-electron chi connectivity index (χ4n) is 2.77. The van der Waals surface area contributed by atoms with E-state index in [-0.39, 0.29) is 28.5 Å². The van der Waals surface area contributed by atoms with E-state index in [1.807, 2.05) is 0 Å². The molecule has 132 valence electrons. The highest BCUT2D eigenvalue weighted by Crippen LogP contribution is 2.26. The smallest absolute Gasteiger partial charge is 0.278 e. The number of ether oxygens (including phenoxy) is 2. The Morgan fingerprint density at radius 1 is 1.32 bits per heavy atom. The summed E-state index contributed by atoms with van der Waals surface area (Å²) in [5.74, 6) is -0.519. The molecule has 1 unspecified atom stereocenters. The Kier molecular flexibility index (Phi) is 5.33. The van der Waals surface area contributed by atoms with Crippen LogP contribution in [0, 0.1) is 5.82 Å². The third-order valence-electron chi connectivity index (χ3n) is 3.95. The number of carbonyl (C=O) groups excluding carboxylic acids is 1. The maximum atomic E-state index is 14.0. The van der Waals surface area contributed by atoms with E-state index in [2.05, 4.69) is 9.97 Å². The Balaban J connectivity index is 1.74. The lowest BCUT2D eigenvalue weighted by Gasteiger charge is -2.33. The molecular weight excluding hydrogens is 349 g/mol. The van der Waals surface area contributed by atoms with Crippen LogP contribution < -0.4 is 9.47 Å². The predicted molar refractivity (Wildman–Crippen MR) is 89.5 cm³/mol. The Labute approximate surface area is 149 Å². The topological polar surface area (TPSA) is 64.6 Å². The monoisotopic (exact) mass is 365 g/mol.